The number of allylic oxidation sites excluding steroid dienone is 2. The number of thiophene rings is 1. The normalized spacial score (nSPS) is 15.0. The molecule has 2 unspecified atom stereocenters. The molecule has 5 aromatic heterocycles. The summed E-state index contributed by atoms with van der Waals surface area (Å²) >= 11 is 7.19. The van der Waals surface area contributed by atoms with Crippen molar-refractivity contribution in [2.75, 3.05) is 0 Å². The fourth-order valence-corrected chi connectivity index (χ4v) is 20.6. The number of hydroxylamine groups is 2. The Labute approximate surface area is 709 Å². The molecule has 20 aromatic rings. The first-order valence-corrected chi connectivity index (χ1v) is 42.2. The van der Waals surface area contributed by atoms with Gasteiger partial charge < -0.3 is 18.3 Å². The van der Waals surface area contributed by atoms with Crippen LogP contribution in [0.15, 0.2) is 355 Å². The number of fused-ring (bicyclic) bond motifs is 18. The Hall–Kier alpha value is -14.3. The summed E-state index contributed by atoms with van der Waals surface area (Å²) in [6.07, 6.45) is 6.63. The van der Waals surface area contributed by atoms with Crippen LogP contribution in [0.1, 0.15) is 44.7 Å². The Bertz CT molecular complexity index is 7520. The monoisotopic (exact) mass is 1640 g/mol. The topological polar surface area (TPSA) is 78.3 Å². The van der Waals surface area contributed by atoms with Crippen LogP contribution in [0.25, 0.3) is 178 Å². The van der Waals surface area contributed by atoms with Crippen LogP contribution in [0.3, 0.4) is 0 Å². The molecule has 120 heavy (non-hydrogen) atoms. The highest BCUT2D eigenvalue weighted by molar-refractivity contribution is 9.10. The molecule has 14 heteroatoms. The quantitative estimate of drug-likeness (QED) is 0.142. The summed E-state index contributed by atoms with van der Waals surface area (Å²) in [5.74, 6) is 0.194. The number of halogens is 1. The molecule has 7 heterocycles. The molecule has 0 amide bonds. The molecule has 11 nitrogen and oxygen atoms in total. The van der Waals surface area contributed by atoms with Gasteiger partial charge in [-0.25, -0.2) is 24.2 Å². The lowest BCUT2D eigenvalue weighted by Gasteiger charge is -2.26. The third-order valence-corrected chi connectivity index (χ3v) is 27.0. The van der Waals surface area contributed by atoms with Gasteiger partial charge in [-0.3, -0.25) is 0 Å². The van der Waals surface area contributed by atoms with Crippen molar-refractivity contribution in [1.29, 1.82) is 5.26 Å². The molecule has 1 saturated heterocycles. The third kappa shape index (κ3) is 12.4. The van der Waals surface area contributed by atoms with Crippen molar-refractivity contribution in [2.24, 2.45) is 0 Å². The van der Waals surface area contributed by atoms with E-state index in [-0.39, 0.29) is 5.92 Å². The maximum absolute atomic E-state index is 10.2. The Morgan fingerprint density at radius 2 is 0.708 bits per heavy atom. The Balaban J connectivity index is 0.000000121. The highest BCUT2D eigenvalue weighted by atomic mass is 79.9. The molecule has 0 bridgehead atoms. The molecule has 15 aromatic carbocycles. The minimum Gasteiger partial charge on any atom is -0.310 e. The Morgan fingerprint density at radius 3 is 1.09 bits per heavy atom. The van der Waals surface area contributed by atoms with E-state index in [1.807, 2.05) is 78.5 Å². The molecule has 1 aliphatic carbocycles. The van der Waals surface area contributed by atoms with E-state index in [4.69, 9.17) is 29.4 Å². The number of hydrogen-bond donors (Lipinski definition) is 0. The first kappa shape index (κ1) is 73.3. The lowest BCUT2D eigenvalue weighted by atomic mass is 9.89. The van der Waals surface area contributed by atoms with Gasteiger partial charge in [0.25, 0.3) is 0 Å². The number of thioether (sulfide) groups is 1. The zero-order valence-corrected chi connectivity index (χ0v) is 68.7. The summed E-state index contributed by atoms with van der Waals surface area (Å²) in [6, 6.07) is 114. The number of nitrogens with zero attached hydrogens (tertiary/aromatic N) is 9. The second-order valence-corrected chi connectivity index (χ2v) is 34.9. The van der Waals surface area contributed by atoms with Crippen molar-refractivity contribution in [2.45, 2.75) is 55.0 Å². The van der Waals surface area contributed by atoms with Crippen LogP contribution < -0.4 is 0 Å². The number of benzene rings is 15. The van der Waals surface area contributed by atoms with Gasteiger partial charge in [-0.1, -0.05) is 186 Å². The van der Waals surface area contributed by atoms with Crippen LogP contribution in [-0.4, -0.2) is 39.9 Å². The van der Waals surface area contributed by atoms with E-state index in [2.05, 4.69) is 356 Å². The standard InChI is InChI=1S/C50H28N4S.C37H31N3O2S.C19H11BrN2/c1-52-36-24-35(26-38(29-36)54-47-16-8-4-12-41(47)42-13-5-9-17-48(42)54)33-19-21-50-44(28-33)43-27-32(18-20-49(43)55-50)34-22-31(30-51)23-37(25-34)53-45-14-6-2-10-39(45)40-11-3-7-15-46(40)53;1-36(2)37(3,4)42-40(41-36)26-15-17-35-31(22-26)30-20-23(14-16-34(30)43-35)24-18-25(38-5)21-27(19-24)39-32-12-8-6-10-28(32)29-11-7-9-13-33(29)39;1-21-14-10-13(20)11-15(12-14)22-18-8-4-2-6-16(18)17-7-3-5-9-19(17)22/h2-29H;6-22,31,35H,1-4H3;2-12H. The van der Waals surface area contributed by atoms with Gasteiger partial charge >= 0.3 is 0 Å². The molecular weight excluding hydrogens is 1580 g/mol. The van der Waals surface area contributed by atoms with Crippen LogP contribution in [0, 0.1) is 31.0 Å². The number of rotatable bonds is 8. The minimum absolute atomic E-state index is 0.194. The molecule has 570 valence electrons. The van der Waals surface area contributed by atoms with Gasteiger partial charge in [-0.05, 0) is 237 Å². The largest absolute Gasteiger partial charge is 0.310 e. The van der Waals surface area contributed by atoms with Crippen LogP contribution in [0.5, 0.6) is 0 Å². The number of para-hydroxylation sites is 8. The maximum Gasteiger partial charge on any atom is 0.190 e. The predicted octanol–water partition coefficient (Wildman–Crippen LogP) is 29.9. The van der Waals surface area contributed by atoms with Gasteiger partial charge in [0, 0.05) is 107 Å². The average molecular weight is 1650 g/mol. The van der Waals surface area contributed by atoms with Crippen molar-refractivity contribution in [3.63, 3.8) is 0 Å². The summed E-state index contributed by atoms with van der Waals surface area (Å²) < 4.78 is 12.4. The lowest BCUT2D eigenvalue weighted by Crippen LogP contribution is -2.41. The van der Waals surface area contributed by atoms with Crippen LogP contribution in [0.2, 0.25) is 0 Å². The van der Waals surface area contributed by atoms with Crippen LogP contribution in [-0.2, 0) is 9.68 Å². The fourth-order valence-electron chi connectivity index (χ4n) is 17.7. The summed E-state index contributed by atoms with van der Waals surface area (Å²) in [5.41, 5.74) is 23.0. The second kappa shape index (κ2) is 29.1. The lowest BCUT2D eigenvalue weighted by molar-refractivity contribution is -0.300. The van der Waals surface area contributed by atoms with E-state index in [9.17, 15) is 5.26 Å². The minimum atomic E-state index is -0.448. The molecule has 0 radical (unpaired) electrons. The summed E-state index contributed by atoms with van der Waals surface area (Å²) in [7, 11) is 0. The fraction of sp³-hybridized carbons (Fsp3) is 0.0755. The molecule has 23 rings (SSSR count). The highest BCUT2D eigenvalue weighted by Crippen LogP contribution is 2.52. The molecule has 0 saturated carbocycles. The van der Waals surface area contributed by atoms with Crippen molar-refractivity contribution < 1.29 is 9.68 Å². The summed E-state index contributed by atoms with van der Waals surface area (Å²) in [6.45, 7) is 31.5. The summed E-state index contributed by atoms with van der Waals surface area (Å²) in [5, 5.41) is 24.1. The van der Waals surface area contributed by atoms with Gasteiger partial charge in [0.05, 0.1) is 81.2 Å². The SMILES string of the molecule is [C-]#[N+]c1cc(-c2ccc3c(c2)C2C=C(N4OC(C)(C)C(C)(C)O4)C=CC2S3)cc(-n2c3ccccc3c3ccccc32)c1.[C-]#[N+]c1cc(-c2ccc3sc4ccc(-c5cc(C#N)cc(-n6c7ccccc7c7ccccc76)c5)cc4c3c2)cc(-n2c3ccccc3c3ccccc32)c1.[C-]#[N+]c1cc(Br)cc(-n2c3ccccc3c3ccccc32)c1. The third-order valence-electron chi connectivity index (χ3n) is 24.0. The Kier molecular flexibility index (Phi) is 17.8. The van der Waals surface area contributed by atoms with Crippen LogP contribution in [0.4, 0.5) is 17.1 Å². The number of nitriles is 1. The molecule has 2 aliphatic heterocycles. The van der Waals surface area contributed by atoms with Crippen molar-refractivity contribution >= 4 is 163 Å². The highest BCUT2D eigenvalue weighted by Gasteiger charge is 2.51. The Morgan fingerprint density at radius 1 is 0.367 bits per heavy atom. The molecule has 0 N–H and O–H groups in total. The van der Waals surface area contributed by atoms with Crippen molar-refractivity contribution in [3.8, 4) is 62.2 Å². The van der Waals surface area contributed by atoms with Crippen LogP contribution >= 0.6 is 39.0 Å². The molecule has 2 atom stereocenters. The average Bonchev–Trinajstić information content (AvgIpc) is 1.60. The predicted molar refractivity (Wildman–Crippen MR) is 499 cm³/mol. The number of aromatic nitrogens is 4. The number of hydrogen-bond acceptors (Lipinski definition) is 6. The van der Waals surface area contributed by atoms with Gasteiger partial charge in [0.2, 0.25) is 0 Å². The van der Waals surface area contributed by atoms with Crippen molar-refractivity contribution in [3.05, 3.63) is 395 Å². The maximum atomic E-state index is 10.2. The van der Waals surface area contributed by atoms with E-state index in [0.29, 0.717) is 27.9 Å². The van der Waals surface area contributed by atoms with Gasteiger partial charge in [-0.2, -0.15) is 5.26 Å². The second-order valence-electron chi connectivity index (χ2n) is 31.6. The van der Waals surface area contributed by atoms with E-state index in [1.54, 1.807) is 16.6 Å². The van der Waals surface area contributed by atoms with E-state index < -0.39 is 11.2 Å². The van der Waals surface area contributed by atoms with Crippen molar-refractivity contribution in [1.82, 2.24) is 23.5 Å². The smallest absolute Gasteiger partial charge is 0.190 e. The molecule has 3 aliphatic rings. The molecule has 1 fully saturated rings. The summed E-state index contributed by atoms with van der Waals surface area (Å²) in [4.78, 5) is 25.1. The zero-order chi connectivity index (χ0) is 81.2. The van der Waals surface area contributed by atoms with Gasteiger partial charge in [-0.15, -0.1) is 28.3 Å². The molecule has 0 spiro atoms. The van der Waals surface area contributed by atoms with E-state index >= 15 is 0 Å². The van der Waals surface area contributed by atoms with Gasteiger partial charge in [0.15, 0.2) is 17.1 Å². The van der Waals surface area contributed by atoms with E-state index in [1.165, 1.54) is 73.7 Å². The first-order chi connectivity index (χ1) is 58.6. The van der Waals surface area contributed by atoms with E-state index in [0.717, 1.165) is 110 Å². The van der Waals surface area contributed by atoms with Gasteiger partial charge in [0.1, 0.15) is 11.2 Å². The first-order valence-electron chi connectivity index (χ1n) is 39.7. The molecular formula is C106H70BrN9O2S2. The zero-order valence-electron chi connectivity index (χ0n) is 65.5.